The van der Waals surface area contributed by atoms with Gasteiger partial charge in [0.05, 0.1) is 20.8 Å². The molecule has 3 aliphatic rings. The summed E-state index contributed by atoms with van der Waals surface area (Å²) in [7, 11) is 3.36. The minimum absolute atomic E-state index is 0.330. The first-order valence-electron chi connectivity index (χ1n) is 10.9. The lowest BCUT2D eigenvalue weighted by molar-refractivity contribution is -0.139. The van der Waals surface area contributed by atoms with Gasteiger partial charge < -0.3 is 14.4 Å². The van der Waals surface area contributed by atoms with Crippen LogP contribution in [0.5, 0.6) is 11.5 Å². The number of rotatable bonds is 7. The van der Waals surface area contributed by atoms with Crippen molar-refractivity contribution in [3.8, 4) is 11.5 Å². The van der Waals surface area contributed by atoms with Crippen LogP contribution in [0, 0.1) is 5.92 Å². The van der Waals surface area contributed by atoms with E-state index in [0.717, 1.165) is 36.1 Å². The molecule has 0 radical (unpaired) electrons. The molecule has 0 spiro atoms. The van der Waals surface area contributed by atoms with E-state index in [1.54, 1.807) is 14.2 Å². The number of carbonyl (C=O) groups excluding carboxylic acids is 1. The van der Waals surface area contributed by atoms with Crippen LogP contribution >= 0.6 is 0 Å². The number of piperidine rings is 1. The third-order valence-electron chi connectivity index (χ3n) is 6.83. The molecule has 0 aromatic heterocycles. The highest BCUT2D eigenvalue weighted by atomic mass is 16.5. The second kappa shape index (κ2) is 8.73. The maximum atomic E-state index is 13.3. The highest BCUT2D eigenvalue weighted by Crippen LogP contribution is 2.36. The maximum Gasteiger partial charge on any atom is 0.237 e. The van der Waals surface area contributed by atoms with Crippen LogP contribution in [0.4, 0.5) is 0 Å². The van der Waals surface area contributed by atoms with Gasteiger partial charge in [-0.1, -0.05) is 18.9 Å². The van der Waals surface area contributed by atoms with Gasteiger partial charge >= 0.3 is 0 Å². The number of methoxy groups -OCH3 is 2. The molecule has 1 aromatic rings. The van der Waals surface area contributed by atoms with Crippen molar-refractivity contribution in [3.63, 3.8) is 0 Å². The quantitative estimate of drug-likeness (QED) is 0.714. The molecule has 2 atom stereocenters. The van der Waals surface area contributed by atoms with Gasteiger partial charge in [0.2, 0.25) is 5.91 Å². The predicted molar refractivity (Wildman–Crippen MR) is 110 cm³/mol. The molecule has 0 N–H and O–H groups in total. The third kappa shape index (κ3) is 4.29. The summed E-state index contributed by atoms with van der Waals surface area (Å²) in [5.74, 6) is 2.70. The second-order valence-electron chi connectivity index (χ2n) is 8.66. The Labute approximate surface area is 169 Å². The molecule has 1 saturated heterocycles. The number of ether oxygens (including phenoxy) is 2. The lowest BCUT2D eigenvalue weighted by Gasteiger charge is -2.44. The number of hydrogen-bond donors (Lipinski definition) is 0. The lowest BCUT2D eigenvalue weighted by Crippen LogP contribution is -2.52. The molecule has 5 nitrogen and oxygen atoms in total. The Kier molecular flexibility index (Phi) is 6.10. The van der Waals surface area contributed by atoms with Gasteiger partial charge in [-0.05, 0) is 50.5 Å². The van der Waals surface area contributed by atoms with E-state index >= 15 is 0 Å². The van der Waals surface area contributed by atoms with Gasteiger partial charge in [-0.2, -0.15) is 0 Å². The molecule has 4 rings (SSSR count). The van der Waals surface area contributed by atoms with Crippen LogP contribution < -0.4 is 9.47 Å². The fraction of sp³-hybridized carbons (Fsp3) is 0.696. The van der Waals surface area contributed by atoms with Crippen molar-refractivity contribution in [1.82, 2.24) is 9.80 Å². The molecule has 154 valence electrons. The Morgan fingerprint density at radius 3 is 2.61 bits per heavy atom. The minimum atomic E-state index is 0.330. The van der Waals surface area contributed by atoms with E-state index in [2.05, 4.69) is 15.9 Å². The third-order valence-corrected chi connectivity index (χ3v) is 6.83. The average Bonchev–Trinajstić information content (AvgIpc) is 3.58. The summed E-state index contributed by atoms with van der Waals surface area (Å²) in [5.41, 5.74) is 1.12. The monoisotopic (exact) mass is 386 g/mol. The van der Waals surface area contributed by atoms with E-state index in [0.29, 0.717) is 24.5 Å². The van der Waals surface area contributed by atoms with Crippen LogP contribution in [0.15, 0.2) is 18.2 Å². The number of carbonyl (C=O) groups is 1. The fourth-order valence-electron chi connectivity index (χ4n) is 5.15. The van der Waals surface area contributed by atoms with Crippen LogP contribution in [0.2, 0.25) is 0 Å². The summed E-state index contributed by atoms with van der Waals surface area (Å²) in [6, 6.07) is 6.99. The smallest absolute Gasteiger partial charge is 0.237 e. The van der Waals surface area contributed by atoms with Gasteiger partial charge in [0.15, 0.2) is 0 Å². The number of fused-ring (bicyclic) bond motifs is 1. The first-order chi connectivity index (χ1) is 13.7. The largest absolute Gasteiger partial charge is 0.497 e. The average molecular weight is 387 g/mol. The summed E-state index contributed by atoms with van der Waals surface area (Å²) in [4.78, 5) is 17.9. The standard InChI is InChI=1S/C23H34N2O3/c1-27-20-12-9-18(22(14-20)28-2)15-24(19-10-11-19)16-23(26)25-13-5-7-17-6-3-4-8-21(17)25/h9,12,14,17,19,21H,3-8,10-11,13,15-16H2,1-2H3/t17-,21-/m0/s1. The Morgan fingerprint density at radius 1 is 1.07 bits per heavy atom. The molecule has 0 unspecified atom stereocenters. The molecule has 0 bridgehead atoms. The van der Waals surface area contributed by atoms with E-state index in [-0.39, 0.29) is 0 Å². The Bertz CT molecular complexity index is 686. The molecule has 2 aliphatic carbocycles. The van der Waals surface area contributed by atoms with E-state index in [1.807, 2.05) is 12.1 Å². The summed E-state index contributed by atoms with van der Waals surface area (Å²) >= 11 is 0. The maximum absolute atomic E-state index is 13.3. The molecule has 2 saturated carbocycles. The zero-order valence-corrected chi connectivity index (χ0v) is 17.4. The molecule has 28 heavy (non-hydrogen) atoms. The summed E-state index contributed by atoms with van der Waals surface area (Å²) in [6.45, 7) is 2.24. The molecule has 5 heteroatoms. The molecular weight excluding hydrogens is 352 g/mol. The number of amides is 1. The lowest BCUT2D eigenvalue weighted by atomic mass is 9.78. The highest BCUT2D eigenvalue weighted by Gasteiger charge is 2.38. The molecule has 1 heterocycles. The van der Waals surface area contributed by atoms with E-state index in [4.69, 9.17) is 9.47 Å². The van der Waals surface area contributed by atoms with Crippen molar-refractivity contribution in [2.45, 2.75) is 70.0 Å². The van der Waals surface area contributed by atoms with Gasteiger partial charge in [0, 0.05) is 36.8 Å². The number of nitrogens with zero attached hydrogens (tertiary/aromatic N) is 2. The van der Waals surface area contributed by atoms with Crippen molar-refractivity contribution in [2.24, 2.45) is 5.92 Å². The first kappa shape index (κ1) is 19.6. The van der Waals surface area contributed by atoms with Crippen LogP contribution in [-0.4, -0.2) is 55.1 Å². The Balaban J connectivity index is 1.45. The van der Waals surface area contributed by atoms with E-state index < -0.39 is 0 Å². The van der Waals surface area contributed by atoms with Gasteiger partial charge in [-0.25, -0.2) is 0 Å². The zero-order valence-electron chi connectivity index (χ0n) is 17.4. The number of hydrogen-bond acceptors (Lipinski definition) is 4. The van der Waals surface area contributed by atoms with Crippen molar-refractivity contribution in [3.05, 3.63) is 23.8 Å². The first-order valence-corrected chi connectivity index (χ1v) is 10.9. The number of benzene rings is 1. The molecule has 3 fully saturated rings. The molecule has 1 aromatic carbocycles. The van der Waals surface area contributed by atoms with E-state index in [1.165, 1.54) is 51.4 Å². The van der Waals surface area contributed by atoms with Crippen molar-refractivity contribution >= 4 is 5.91 Å². The normalized spacial score (nSPS) is 24.8. The van der Waals surface area contributed by atoms with Crippen LogP contribution in [0.1, 0.15) is 56.9 Å². The van der Waals surface area contributed by atoms with Crippen LogP contribution in [0.3, 0.4) is 0 Å². The van der Waals surface area contributed by atoms with Crippen LogP contribution in [-0.2, 0) is 11.3 Å². The Hall–Kier alpha value is -1.75. The molecule has 1 amide bonds. The van der Waals surface area contributed by atoms with Gasteiger partial charge in [0.1, 0.15) is 11.5 Å². The SMILES string of the molecule is COc1ccc(CN(CC(=O)N2CCC[C@@H]3CCCC[C@@H]32)C2CC2)c(OC)c1. The fourth-order valence-corrected chi connectivity index (χ4v) is 5.15. The number of likely N-dealkylation sites (tertiary alicyclic amines) is 1. The summed E-state index contributed by atoms with van der Waals surface area (Å²) in [5, 5.41) is 0. The highest BCUT2D eigenvalue weighted by molar-refractivity contribution is 5.79. The molecular formula is C23H34N2O3. The Morgan fingerprint density at radius 2 is 1.86 bits per heavy atom. The minimum Gasteiger partial charge on any atom is -0.497 e. The predicted octanol–water partition coefficient (Wildman–Crippen LogP) is 3.85. The summed E-state index contributed by atoms with van der Waals surface area (Å²) < 4.78 is 10.9. The van der Waals surface area contributed by atoms with Crippen molar-refractivity contribution < 1.29 is 14.3 Å². The van der Waals surface area contributed by atoms with Gasteiger partial charge in [-0.3, -0.25) is 9.69 Å². The molecule has 1 aliphatic heterocycles. The summed E-state index contributed by atoms with van der Waals surface area (Å²) in [6.07, 6.45) is 9.99. The zero-order chi connectivity index (χ0) is 19.5. The second-order valence-corrected chi connectivity index (χ2v) is 8.66. The van der Waals surface area contributed by atoms with E-state index in [9.17, 15) is 4.79 Å². The van der Waals surface area contributed by atoms with Gasteiger partial charge in [0.25, 0.3) is 0 Å². The topological polar surface area (TPSA) is 42.0 Å². The van der Waals surface area contributed by atoms with Gasteiger partial charge in [-0.15, -0.1) is 0 Å². The van der Waals surface area contributed by atoms with Crippen molar-refractivity contribution in [2.75, 3.05) is 27.3 Å². The van der Waals surface area contributed by atoms with Crippen LogP contribution in [0.25, 0.3) is 0 Å². The van der Waals surface area contributed by atoms with Crippen molar-refractivity contribution in [1.29, 1.82) is 0 Å².